The van der Waals surface area contributed by atoms with Gasteiger partial charge in [0.05, 0.1) is 16.8 Å². The number of hydrogen-bond donors (Lipinski definition) is 2. The van der Waals surface area contributed by atoms with Crippen LogP contribution in [0.4, 0.5) is 5.82 Å². The van der Waals surface area contributed by atoms with E-state index in [0.29, 0.717) is 16.0 Å². The number of nitrogens with zero attached hydrogens (tertiary/aromatic N) is 2. The lowest BCUT2D eigenvalue weighted by molar-refractivity contribution is -0.113. The molecule has 5 nitrogen and oxygen atoms in total. The van der Waals surface area contributed by atoms with E-state index < -0.39 is 0 Å². The highest BCUT2D eigenvalue weighted by Crippen LogP contribution is 2.22. The highest BCUT2D eigenvalue weighted by Gasteiger charge is 2.08. The third-order valence-corrected chi connectivity index (χ3v) is 4.33. The quantitative estimate of drug-likeness (QED) is 0.650. The molecule has 8 heteroatoms. The zero-order chi connectivity index (χ0) is 15.5. The molecule has 1 amide bonds. The number of benzene rings is 1. The fraction of sp³-hybridized carbons (Fsp3) is 0.0714. The Morgan fingerprint density at radius 3 is 3.00 bits per heavy atom. The van der Waals surface area contributed by atoms with Gasteiger partial charge in [-0.2, -0.15) is 0 Å². The Kier molecular flexibility index (Phi) is 4.66. The molecule has 0 saturated carbocycles. The van der Waals surface area contributed by atoms with Crippen molar-refractivity contribution in [2.24, 2.45) is 0 Å². The first-order valence-electron chi connectivity index (χ1n) is 6.29. The van der Waals surface area contributed by atoms with Crippen molar-refractivity contribution in [3.8, 4) is 0 Å². The minimum absolute atomic E-state index is 0.140. The topological polar surface area (TPSA) is 70.7 Å². The monoisotopic (exact) mass is 396 g/mol. The molecule has 2 heterocycles. The minimum atomic E-state index is -0.140. The number of aromatic amines is 1. The number of hydrogen-bond acceptors (Lipinski definition) is 4. The van der Waals surface area contributed by atoms with Crippen molar-refractivity contribution in [3.63, 3.8) is 0 Å². The fourth-order valence-electron chi connectivity index (χ4n) is 1.79. The van der Waals surface area contributed by atoms with Crippen LogP contribution in [0.2, 0.25) is 5.02 Å². The summed E-state index contributed by atoms with van der Waals surface area (Å²) in [7, 11) is 0. The van der Waals surface area contributed by atoms with Crippen molar-refractivity contribution >= 4 is 62.1 Å². The van der Waals surface area contributed by atoms with Gasteiger partial charge in [0.15, 0.2) is 5.16 Å². The molecule has 3 rings (SSSR count). The van der Waals surface area contributed by atoms with E-state index in [4.69, 9.17) is 11.6 Å². The number of halogens is 2. The second kappa shape index (κ2) is 6.68. The number of pyridine rings is 1. The van der Waals surface area contributed by atoms with E-state index in [-0.39, 0.29) is 11.7 Å². The summed E-state index contributed by atoms with van der Waals surface area (Å²) in [5.74, 6) is 0.620. The van der Waals surface area contributed by atoms with Gasteiger partial charge < -0.3 is 10.3 Å². The molecular formula is C14H10BrClN4OS. The molecule has 0 aliphatic carbocycles. The minimum Gasteiger partial charge on any atom is -0.333 e. The summed E-state index contributed by atoms with van der Waals surface area (Å²) in [5, 5.41) is 4.05. The van der Waals surface area contributed by atoms with Crippen molar-refractivity contribution in [1.29, 1.82) is 0 Å². The van der Waals surface area contributed by atoms with Gasteiger partial charge in [-0.25, -0.2) is 9.97 Å². The number of imidazole rings is 1. The van der Waals surface area contributed by atoms with Crippen molar-refractivity contribution in [2.75, 3.05) is 11.1 Å². The van der Waals surface area contributed by atoms with Crippen molar-refractivity contribution in [2.45, 2.75) is 5.16 Å². The van der Waals surface area contributed by atoms with Crippen molar-refractivity contribution < 1.29 is 4.79 Å². The third-order valence-electron chi connectivity index (χ3n) is 2.76. The van der Waals surface area contributed by atoms with Crippen LogP contribution in [-0.2, 0) is 4.79 Å². The first-order chi connectivity index (χ1) is 10.6. The van der Waals surface area contributed by atoms with Crippen molar-refractivity contribution in [3.05, 3.63) is 46.0 Å². The first kappa shape index (κ1) is 15.3. The summed E-state index contributed by atoms with van der Waals surface area (Å²) < 4.78 is 0.862. The summed E-state index contributed by atoms with van der Waals surface area (Å²) >= 11 is 10.5. The van der Waals surface area contributed by atoms with Crippen LogP contribution in [0.15, 0.2) is 46.2 Å². The van der Waals surface area contributed by atoms with Crippen LogP contribution in [0, 0.1) is 0 Å². The number of fused-ring (bicyclic) bond motifs is 1. The highest BCUT2D eigenvalue weighted by atomic mass is 79.9. The van der Waals surface area contributed by atoms with E-state index in [1.165, 1.54) is 11.8 Å². The van der Waals surface area contributed by atoms with Gasteiger partial charge in [0, 0.05) is 15.7 Å². The Hall–Kier alpha value is -1.57. The molecule has 0 fully saturated rings. The molecule has 2 aromatic heterocycles. The van der Waals surface area contributed by atoms with Crippen molar-refractivity contribution in [1.82, 2.24) is 15.0 Å². The average molecular weight is 398 g/mol. The zero-order valence-electron chi connectivity index (χ0n) is 11.1. The SMILES string of the molecule is O=C(CSc1nc2ccc(Cl)cc2[nH]1)Nc1ccc(Br)cn1. The van der Waals surface area contributed by atoms with Crippen LogP contribution in [0.1, 0.15) is 0 Å². The molecule has 3 aromatic rings. The smallest absolute Gasteiger partial charge is 0.236 e. The highest BCUT2D eigenvalue weighted by molar-refractivity contribution is 9.10. The Balaban J connectivity index is 1.61. The number of carbonyl (C=O) groups excluding carboxylic acids is 1. The van der Waals surface area contributed by atoms with E-state index >= 15 is 0 Å². The van der Waals surface area contributed by atoms with E-state index in [1.54, 1.807) is 24.4 Å². The van der Waals surface area contributed by atoms with Gasteiger partial charge in [0.2, 0.25) is 5.91 Å². The predicted octanol–water partition coefficient (Wildman–Crippen LogP) is 4.10. The van der Waals surface area contributed by atoms with Crippen LogP contribution < -0.4 is 5.32 Å². The number of carbonyl (C=O) groups is 1. The molecule has 0 radical (unpaired) electrons. The molecule has 0 spiro atoms. The van der Waals surface area contributed by atoms with E-state index in [0.717, 1.165) is 15.5 Å². The Morgan fingerprint density at radius 2 is 2.23 bits per heavy atom. The molecule has 0 atom stereocenters. The first-order valence-corrected chi connectivity index (χ1v) is 8.45. The normalized spacial score (nSPS) is 10.8. The van der Waals surface area contributed by atoms with Gasteiger partial charge in [0.1, 0.15) is 5.82 Å². The third kappa shape index (κ3) is 3.79. The van der Waals surface area contributed by atoms with E-state index in [1.807, 2.05) is 12.1 Å². The number of amides is 1. The molecule has 1 aromatic carbocycles. The van der Waals surface area contributed by atoms with Gasteiger partial charge in [-0.15, -0.1) is 0 Å². The standard InChI is InChI=1S/C14H10BrClN4OS/c15-8-1-4-12(17-6-8)20-13(21)7-22-14-18-10-3-2-9(16)5-11(10)19-14/h1-6H,7H2,(H,18,19)(H,17,20,21). The number of anilines is 1. The van der Waals surface area contributed by atoms with E-state index in [2.05, 4.69) is 36.2 Å². The van der Waals surface area contributed by atoms with Crippen LogP contribution in [0.3, 0.4) is 0 Å². The van der Waals surface area contributed by atoms with Gasteiger partial charge in [-0.1, -0.05) is 23.4 Å². The largest absolute Gasteiger partial charge is 0.333 e. The zero-order valence-corrected chi connectivity index (χ0v) is 14.3. The number of aromatic nitrogens is 3. The summed E-state index contributed by atoms with van der Waals surface area (Å²) in [6, 6.07) is 8.98. The molecular weight excluding hydrogens is 388 g/mol. The van der Waals surface area contributed by atoms with Crippen LogP contribution in [0.25, 0.3) is 11.0 Å². The van der Waals surface area contributed by atoms with Crippen LogP contribution in [0.5, 0.6) is 0 Å². The lowest BCUT2D eigenvalue weighted by atomic mass is 10.3. The second-order valence-electron chi connectivity index (χ2n) is 4.40. The summed E-state index contributed by atoms with van der Waals surface area (Å²) in [6.07, 6.45) is 1.63. The second-order valence-corrected chi connectivity index (χ2v) is 6.72. The average Bonchev–Trinajstić information content (AvgIpc) is 2.89. The molecule has 0 aliphatic heterocycles. The molecule has 2 N–H and O–H groups in total. The summed E-state index contributed by atoms with van der Waals surface area (Å²) in [5.41, 5.74) is 1.67. The Morgan fingerprint density at radius 1 is 1.36 bits per heavy atom. The Bertz CT molecular complexity index is 821. The van der Waals surface area contributed by atoms with Gasteiger partial charge in [0.25, 0.3) is 0 Å². The molecule has 0 aliphatic rings. The number of nitrogens with one attached hydrogen (secondary N) is 2. The molecule has 0 unspecified atom stereocenters. The van der Waals surface area contributed by atoms with E-state index in [9.17, 15) is 4.79 Å². The summed E-state index contributed by atoms with van der Waals surface area (Å²) in [4.78, 5) is 23.5. The lowest BCUT2D eigenvalue weighted by Crippen LogP contribution is -2.14. The number of thioether (sulfide) groups is 1. The molecule has 22 heavy (non-hydrogen) atoms. The maximum atomic E-state index is 11.9. The van der Waals surface area contributed by atoms with Gasteiger partial charge >= 0.3 is 0 Å². The van der Waals surface area contributed by atoms with Crippen LogP contribution in [-0.4, -0.2) is 26.6 Å². The lowest BCUT2D eigenvalue weighted by Gasteiger charge is -2.03. The Labute approximate surface area is 144 Å². The predicted molar refractivity (Wildman–Crippen MR) is 92.4 cm³/mol. The maximum absolute atomic E-state index is 11.9. The molecule has 112 valence electrons. The van der Waals surface area contributed by atoms with Gasteiger partial charge in [-0.3, -0.25) is 4.79 Å². The molecule has 0 bridgehead atoms. The summed E-state index contributed by atoms with van der Waals surface area (Å²) in [6.45, 7) is 0. The number of H-pyrrole nitrogens is 1. The van der Waals surface area contributed by atoms with Gasteiger partial charge in [-0.05, 0) is 46.3 Å². The fourth-order valence-corrected chi connectivity index (χ4v) is 2.88. The molecule has 0 saturated heterocycles. The number of rotatable bonds is 4. The van der Waals surface area contributed by atoms with Crippen LogP contribution >= 0.6 is 39.3 Å². The maximum Gasteiger partial charge on any atom is 0.236 e.